The molecule has 26 heavy (non-hydrogen) atoms. The van der Waals surface area contributed by atoms with E-state index in [2.05, 4.69) is 5.32 Å². The second-order valence-electron chi connectivity index (χ2n) is 5.87. The normalized spacial score (nSPS) is 11.8. The number of amides is 1. The maximum Gasteiger partial charge on any atom is 0.238 e. The van der Waals surface area contributed by atoms with E-state index in [4.69, 9.17) is 14.2 Å². The number of benzene rings is 2. The lowest BCUT2D eigenvalue weighted by molar-refractivity contribution is -0.117. The first-order chi connectivity index (χ1) is 12.1. The van der Waals surface area contributed by atoms with Crippen molar-refractivity contribution in [3.63, 3.8) is 0 Å². The minimum atomic E-state index is -0.0766. The Morgan fingerprint density at radius 1 is 1.15 bits per heavy atom. The molecule has 1 heterocycles. The molecule has 1 aliphatic rings. The summed E-state index contributed by atoms with van der Waals surface area (Å²) >= 11 is 0. The fourth-order valence-electron chi connectivity index (χ4n) is 2.65. The molecule has 6 nitrogen and oxygen atoms in total. The van der Waals surface area contributed by atoms with Crippen molar-refractivity contribution < 1.29 is 31.4 Å². The molecule has 1 N–H and O–H groups in total. The third-order valence-corrected chi connectivity index (χ3v) is 3.76. The minimum absolute atomic E-state index is 0. The van der Waals surface area contributed by atoms with Gasteiger partial charge in [0.05, 0.1) is 13.2 Å². The molecule has 0 atom stereocenters. The van der Waals surface area contributed by atoms with E-state index in [1.54, 1.807) is 18.2 Å². The van der Waals surface area contributed by atoms with Gasteiger partial charge >= 0.3 is 0 Å². The number of likely N-dealkylation sites (N-methyl/N-ethyl adjacent to an activating group) is 1. The summed E-state index contributed by atoms with van der Waals surface area (Å²) in [5.41, 5.74) is 1.82. The van der Waals surface area contributed by atoms with E-state index in [9.17, 15) is 4.79 Å². The Morgan fingerprint density at radius 2 is 1.88 bits per heavy atom. The zero-order chi connectivity index (χ0) is 17.6. The second kappa shape index (κ2) is 9.31. The first kappa shape index (κ1) is 19.9. The van der Waals surface area contributed by atoms with E-state index in [0.29, 0.717) is 36.9 Å². The molecule has 3 rings (SSSR count). The molecule has 0 saturated heterocycles. The van der Waals surface area contributed by atoms with Crippen LogP contribution in [-0.2, 0) is 11.3 Å². The number of nitrogens with one attached hydrogen (secondary N) is 1. The molecule has 0 fully saturated rings. The molecule has 0 aromatic heterocycles. The molecule has 2 aromatic carbocycles. The van der Waals surface area contributed by atoms with Crippen LogP contribution in [0.25, 0.3) is 0 Å². The average Bonchev–Trinajstić information content (AvgIpc) is 3.04. The van der Waals surface area contributed by atoms with Crippen LogP contribution in [0.2, 0.25) is 0 Å². The first-order valence-electron chi connectivity index (χ1n) is 8.24. The van der Waals surface area contributed by atoms with Crippen LogP contribution in [0.3, 0.4) is 0 Å². The maximum atomic E-state index is 12.2. The van der Waals surface area contributed by atoms with E-state index in [-0.39, 0.29) is 25.1 Å². The molecule has 0 radical (unpaired) electrons. The van der Waals surface area contributed by atoms with Crippen LogP contribution in [0.1, 0.15) is 12.5 Å². The van der Waals surface area contributed by atoms with Crippen molar-refractivity contribution in [2.45, 2.75) is 13.5 Å². The number of hydrogen-bond donors (Lipinski definition) is 1. The van der Waals surface area contributed by atoms with Gasteiger partial charge in [-0.1, -0.05) is 12.1 Å². The third-order valence-electron chi connectivity index (χ3n) is 3.76. The number of nitrogens with zero attached hydrogens (tertiary/aromatic N) is 1. The summed E-state index contributed by atoms with van der Waals surface area (Å²) in [5, 5.41) is 2.88. The number of halogens is 1. The number of carbonyl (C=O) groups excluding carboxylic acids is 1. The molecule has 7 heteroatoms. The van der Waals surface area contributed by atoms with Crippen molar-refractivity contribution in [3.05, 3.63) is 48.0 Å². The van der Waals surface area contributed by atoms with Crippen LogP contribution in [0, 0.1) is 0 Å². The molecule has 0 spiro atoms. The van der Waals surface area contributed by atoms with Crippen molar-refractivity contribution in [2.24, 2.45) is 0 Å². The average molecular weight is 378 g/mol. The number of fused-ring (bicyclic) bond motifs is 1. The molecular weight excluding hydrogens is 356 g/mol. The Bertz CT molecular complexity index is 737. The Morgan fingerprint density at radius 3 is 2.62 bits per heavy atom. The van der Waals surface area contributed by atoms with Gasteiger partial charge in [-0.3, -0.25) is 9.69 Å². The Hall–Kier alpha value is -2.44. The Balaban J connectivity index is 0.00000243. The highest BCUT2D eigenvalue weighted by atomic mass is 35.5. The van der Waals surface area contributed by atoms with Crippen LogP contribution in [0.4, 0.5) is 5.69 Å². The Kier molecular flexibility index (Phi) is 7.12. The number of ether oxygens (including phenoxy) is 3. The monoisotopic (exact) mass is 377 g/mol. The highest BCUT2D eigenvalue weighted by Crippen LogP contribution is 2.34. The molecule has 0 saturated carbocycles. The van der Waals surface area contributed by atoms with E-state index in [0.717, 1.165) is 11.3 Å². The van der Waals surface area contributed by atoms with E-state index < -0.39 is 0 Å². The smallest absolute Gasteiger partial charge is 0.238 e. The molecule has 0 unspecified atom stereocenters. The summed E-state index contributed by atoms with van der Waals surface area (Å²) in [6.45, 7) is 3.81. The van der Waals surface area contributed by atoms with E-state index >= 15 is 0 Å². The minimum Gasteiger partial charge on any atom is -1.00 e. The lowest BCUT2D eigenvalue weighted by Crippen LogP contribution is -3.00. The maximum absolute atomic E-state index is 12.2. The van der Waals surface area contributed by atoms with E-state index in [1.165, 1.54) is 0 Å². The number of rotatable bonds is 7. The van der Waals surface area contributed by atoms with Gasteiger partial charge in [-0.25, -0.2) is 0 Å². The standard InChI is InChI=1S/C19H22N2O4.ClH/c1-3-23-16-7-4-14(5-8-16)11-21(2)12-19(22)20-15-6-9-17-18(10-15)25-13-24-17;/h4-10H,3,11-13H2,1-2H3,(H,20,22);1H/p-1. The lowest BCUT2D eigenvalue weighted by Gasteiger charge is -2.16. The molecule has 1 amide bonds. The van der Waals surface area contributed by atoms with Gasteiger partial charge in [0.25, 0.3) is 0 Å². The lowest BCUT2D eigenvalue weighted by atomic mass is 10.2. The number of hydrogen-bond acceptors (Lipinski definition) is 5. The van der Waals surface area contributed by atoms with Gasteiger partial charge < -0.3 is 31.9 Å². The summed E-state index contributed by atoms with van der Waals surface area (Å²) in [6.07, 6.45) is 0. The van der Waals surface area contributed by atoms with Crippen molar-refractivity contribution in [3.8, 4) is 17.2 Å². The predicted octanol–water partition coefficient (Wildman–Crippen LogP) is -0.111. The predicted molar refractivity (Wildman–Crippen MR) is 95.1 cm³/mol. The molecule has 1 aliphatic heterocycles. The van der Waals surface area contributed by atoms with Crippen molar-refractivity contribution >= 4 is 11.6 Å². The van der Waals surface area contributed by atoms with Crippen LogP contribution in [-0.4, -0.2) is 37.8 Å². The third kappa shape index (κ3) is 5.28. The number of carbonyl (C=O) groups is 1. The van der Waals surface area contributed by atoms with Gasteiger partial charge in [0.2, 0.25) is 12.7 Å². The molecule has 2 aromatic rings. The van der Waals surface area contributed by atoms with Gasteiger partial charge in [-0.2, -0.15) is 0 Å². The fourth-order valence-corrected chi connectivity index (χ4v) is 2.65. The van der Waals surface area contributed by atoms with Gasteiger partial charge in [-0.15, -0.1) is 0 Å². The van der Waals surface area contributed by atoms with Crippen LogP contribution in [0.5, 0.6) is 17.2 Å². The summed E-state index contributed by atoms with van der Waals surface area (Å²) in [6, 6.07) is 13.3. The summed E-state index contributed by atoms with van der Waals surface area (Å²) in [4.78, 5) is 14.2. The van der Waals surface area contributed by atoms with Crippen molar-refractivity contribution in [2.75, 3.05) is 32.3 Å². The molecular formula is C19H22ClN2O4-. The first-order valence-corrected chi connectivity index (χ1v) is 8.24. The summed E-state index contributed by atoms with van der Waals surface area (Å²) < 4.78 is 16.0. The second-order valence-corrected chi connectivity index (χ2v) is 5.87. The highest BCUT2D eigenvalue weighted by Gasteiger charge is 2.14. The van der Waals surface area contributed by atoms with Gasteiger partial charge in [-0.05, 0) is 43.8 Å². The van der Waals surface area contributed by atoms with Crippen molar-refractivity contribution in [1.29, 1.82) is 0 Å². The van der Waals surface area contributed by atoms with Crippen LogP contribution < -0.4 is 31.9 Å². The molecule has 140 valence electrons. The van der Waals surface area contributed by atoms with Crippen LogP contribution >= 0.6 is 0 Å². The zero-order valence-corrected chi connectivity index (χ0v) is 15.6. The SMILES string of the molecule is CCOc1ccc(CN(C)CC(=O)Nc2ccc3c(c2)OCO3)cc1.[Cl-]. The summed E-state index contributed by atoms with van der Waals surface area (Å²) in [7, 11) is 1.91. The van der Waals surface area contributed by atoms with Gasteiger partial charge in [0.1, 0.15) is 5.75 Å². The van der Waals surface area contributed by atoms with Gasteiger partial charge in [0.15, 0.2) is 11.5 Å². The fraction of sp³-hybridized carbons (Fsp3) is 0.316. The highest BCUT2D eigenvalue weighted by molar-refractivity contribution is 5.92. The topological polar surface area (TPSA) is 60.0 Å². The van der Waals surface area contributed by atoms with Gasteiger partial charge in [0, 0.05) is 18.3 Å². The largest absolute Gasteiger partial charge is 1.00 e. The summed E-state index contributed by atoms with van der Waals surface area (Å²) in [5.74, 6) is 2.13. The zero-order valence-electron chi connectivity index (χ0n) is 14.8. The molecule has 0 aliphatic carbocycles. The number of anilines is 1. The van der Waals surface area contributed by atoms with Crippen LogP contribution in [0.15, 0.2) is 42.5 Å². The molecule has 0 bridgehead atoms. The van der Waals surface area contributed by atoms with E-state index in [1.807, 2.05) is 43.1 Å². The quantitative estimate of drug-likeness (QED) is 0.729. The Labute approximate surface area is 159 Å². The van der Waals surface area contributed by atoms with Crippen molar-refractivity contribution in [1.82, 2.24) is 4.90 Å².